The molecule has 0 radical (unpaired) electrons. The molecule has 1 aliphatic rings. The van der Waals surface area contributed by atoms with Crippen molar-refractivity contribution in [2.24, 2.45) is 0 Å². The summed E-state index contributed by atoms with van der Waals surface area (Å²) in [5.41, 5.74) is 3.40. The summed E-state index contributed by atoms with van der Waals surface area (Å²) in [5.74, 6) is 0.582. The average molecular weight is 384 g/mol. The molecule has 1 amide bonds. The molecule has 0 bridgehead atoms. The Morgan fingerprint density at radius 3 is 2.42 bits per heavy atom. The summed E-state index contributed by atoms with van der Waals surface area (Å²) >= 11 is 6.30. The Bertz CT molecular complexity index is 864. The van der Waals surface area contributed by atoms with Crippen molar-refractivity contribution in [2.45, 2.75) is 32.8 Å². The van der Waals surface area contributed by atoms with Crippen molar-refractivity contribution < 1.29 is 9.53 Å². The number of nitrogens with one attached hydrogen (secondary N) is 1. The van der Waals surface area contributed by atoms with Gasteiger partial charge in [0.05, 0.1) is 4.91 Å². The maximum absolute atomic E-state index is 11.9. The van der Waals surface area contributed by atoms with Crippen LogP contribution in [0.5, 0.6) is 5.75 Å². The topological polar surface area (TPSA) is 38.3 Å². The largest absolute Gasteiger partial charge is 0.488 e. The number of thioether (sulfide) groups is 1. The van der Waals surface area contributed by atoms with Crippen LogP contribution in [0.4, 0.5) is 0 Å². The van der Waals surface area contributed by atoms with Crippen LogP contribution in [0.15, 0.2) is 53.4 Å². The Labute approximate surface area is 163 Å². The Hall–Kier alpha value is -2.11. The first kappa shape index (κ1) is 18.7. The molecule has 0 aliphatic carbocycles. The molecule has 3 nitrogen and oxygen atoms in total. The molecule has 5 heteroatoms. The molecule has 0 aromatic heterocycles. The van der Waals surface area contributed by atoms with Crippen molar-refractivity contribution in [3.63, 3.8) is 0 Å². The van der Waals surface area contributed by atoms with Crippen LogP contribution in [0.25, 0.3) is 6.08 Å². The minimum atomic E-state index is -0.160. The standard InChI is InChI=1S/C21H21NO2S2/c1-21(2,3)16-10-8-14(9-11-16)13-24-17-7-5-4-6-15(17)12-18-19(23)22-20(25)26-18/h4-12H,13H2,1-3H3,(H,22,23,25). The highest BCUT2D eigenvalue weighted by Crippen LogP contribution is 2.29. The number of hydrogen-bond acceptors (Lipinski definition) is 4. The molecular formula is C21H21NO2S2. The van der Waals surface area contributed by atoms with E-state index in [1.165, 1.54) is 17.3 Å². The van der Waals surface area contributed by atoms with E-state index in [4.69, 9.17) is 17.0 Å². The Balaban J connectivity index is 1.74. The summed E-state index contributed by atoms with van der Waals surface area (Å²) in [5, 5.41) is 2.63. The quantitative estimate of drug-likeness (QED) is 0.592. The monoisotopic (exact) mass is 383 g/mol. The van der Waals surface area contributed by atoms with Gasteiger partial charge in [-0.25, -0.2) is 0 Å². The van der Waals surface area contributed by atoms with Gasteiger partial charge in [0.2, 0.25) is 0 Å². The van der Waals surface area contributed by atoms with Gasteiger partial charge < -0.3 is 10.1 Å². The lowest BCUT2D eigenvalue weighted by atomic mass is 9.87. The third-order valence-electron chi connectivity index (χ3n) is 4.06. The maximum atomic E-state index is 11.9. The maximum Gasteiger partial charge on any atom is 0.263 e. The van der Waals surface area contributed by atoms with Gasteiger partial charge in [0.25, 0.3) is 5.91 Å². The van der Waals surface area contributed by atoms with E-state index in [0.29, 0.717) is 15.8 Å². The molecule has 134 valence electrons. The summed E-state index contributed by atoms with van der Waals surface area (Å²) in [4.78, 5) is 12.4. The van der Waals surface area contributed by atoms with E-state index in [1.54, 1.807) is 0 Å². The summed E-state index contributed by atoms with van der Waals surface area (Å²) in [7, 11) is 0. The molecule has 0 spiro atoms. The van der Waals surface area contributed by atoms with E-state index >= 15 is 0 Å². The number of hydrogen-bond donors (Lipinski definition) is 1. The van der Waals surface area contributed by atoms with Gasteiger partial charge in [0.15, 0.2) is 0 Å². The second-order valence-electron chi connectivity index (χ2n) is 7.13. The van der Waals surface area contributed by atoms with Gasteiger partial charge in [-0.2, -0.15) is 0 Å². The van der Waals surface area contributed by atoms with E-state index in [2.05, 4.69) is 50.4 Å². The first-order valence-corrected chi connectivity index (χ1v) is 9.61. The molecule has 0 saturated carbocycles. The molecule has 26 heavy (non-hydrogen) atoms. The number of benzene rings is 2. The SMILES string of the molecule is CC(C)(C)c1ccc(COc2ccccc2C=C2SC(=S)NC2=O)cc1. The number of carbonyl (C=O) groups excluding carboxylic acids is 1. The molecule has 0 unspecified atom stereocenters. The number of carbonyl (C=O) groups is 1. The summed E-state index contributed by atoms with van der Waals surface area (Å²) in [6, 6.07) is 16.2. The van der Waals surface area contributed by atoms with Crippen molar-refractivity contribution in [3.8, 4) is 5.75 Å². The molecule has 3 rings (SSSR count). The number of para-hydroxylation sites is 1. The lowest BCUT2D eigenvalue weighted by molar-refractivity contribution is -0.115. The van der Waals surface area contributed by atoms with Crippen molar-refractivity contribution in [3.05, 3.63) is 70.1 Å². The van der Waals surface area contributed by atoms with Crippen LogP contribution in [0.1, 0.15) is 37.5 Å². The Morgan fingerprint density at radius 1 is 1.12 bits per heavy atom. The molecular weight excluding hydrogens is 362 g/mol. The van der Waals surface area contributed by atoms with E-state index in [9.17, 15) is 4.79 Å². The van der Waals surface area contributed by atoms with Gasteiger partial charge in [-0.3, -0.25) is 4.79 Å². The van der Waals surface area contributed by atoms with Gasteiger partial charge in [0, 0.05) is 5.56 Å². The Kier molecular flexibility index (Phi) is 5.49. The zero-order valence-corrected chi connectivity index (χ0v) is 16.7. The zero-order chi connectivity index (χ0) is 18.7. The van der Waals surface area contributed by atoms with Crippen LogP contribution >= 0.6 is 24.0 Å². The van der Waals surface area contributed by atoms with E-state index in [1.807, 2.05) is 30.3 Å². The van der Waals surface area contributed by atoms with Gasteiger partial charge in [-0.15, -0.1) is 0 Å². The van der Waals surface area contributed by atoms with E-state index < -0.39 is 0 Å². The first-order valence-electron chi connectivity index (χ1n) is 8.39. The molecule has 0 atom stereocenters. The van der Waals surface area contributed by atoms with E-state index in [-0.39, 0.29) is 11.3 Å². The molecule has 2 aromatic carbocycles. The highest BCUT2D eigenvalue weighted by Gasteiger charge is 2.22. The number of thiocarbonyl (C=S) groups is 1. The second-order valence-corrected chi connectivity index (χ2v) is 8.84. The van der Waals surface area contributed by atoms with Crippen molar-refractivity contribution in [1.29, 1.82) is 0 Å². The van der Waals surface area contributed by atoms with Gasteiger partial charge in [-0.05, 0) is 28.7 Å². The molecule has 1 aliphatic heterocycles. The molecule has 1 saturated heterocycles. The normalized spacial score (nSPS) is 16.0. The highest BCUT2D eigenvalue weighted by atomic mass is 32.2. The smallest absolute Gasteiger partial charge is 0.263 e. The molecule has 1 heterocycles. The minimum Gasteiger partial charge on any atom is -0.488 e. The third kappa shape index (κ3) is 4.54. The lowest BCUT2D eigenvalue weighted by Crippen LogP contribution is -2.17. The summed E-state index contributed by atoms with van der Waals surface area (Å²) in [6.07, 6.45) is 1.82. The molecule has 2 aromatic rings. The van der Waals surface area contributed by atoms with Crippen molar-refractivity contribution >= 4 is 40.3 Å². The molecule has 1 fully saturated rings. The van der Waals surface area contributed by atoms with E-state index in [0.717, 1.165) is 16.9 Å². The average Bonchev–Trinajstić information content (AvgIpc) is 2.91. The lowest BCUT2D eigenvalue weighted by Gasteiger charge is -2.19. The predicted molar refractivity (Wildman–Crippen MR) is 112 cm³/mol. The van der Waals surface area contributed by atoms with Gasteiger partial charge in [-0.1, -0.05) is 87.2 Å². The van der Waals surface area contributed by atoms with Crippen molar-refractivity contribution in [2.75, 3.05) is 0 Å². The molecule has 1 N–H and O–H groups in total. The predicted octanol–water partition coefficient (Wildman–Crippen LogP) is 5.05. The van der Waals surface area contributed by atoms with Gasteiger partial charge in [0.1, 0.15) is 16.7 Å². The Morgan fingerprint density at radius 2 is 1.81 bits per heavy atom. The number of amides is 1. The summed E-state index contributed by atoms with van der Waals surface area (Å²) in [6.45, 7) is 7.07. The van der Waals surface area contributed by atoms with Crippen LogP contribution < -0.4 is 10.1 Å². The van der Waals surface area contributed by atoms with Crippen LogP contribution in [-0.2, 0) is 16.8 Å². The zero-order valence-electron chi connectivity index (χ0n) is 15.0. The fourth-order valence-corrected chi connectivity index (χ4v) is 3.59. The minimum absolute atomic E-state index is 0.137. The fraction of sp³-hybridized carbons (Fsp3) is 0.238. The second kappa shape index (κ2) is 7.64. The van der Waals surface area contributed by atoms with Crippen LogP contribution in [0.2, 0.25) is 0 Å². The third-order valence-corrected chi connectivity index (χ3v) is 5.22. The summed E-state index contributed by atoms with van der Waals surface area (Å²) < 4.78 is 6.49. The fourth-order valence-electron chi connectivity index (χ4n) is 2.56. The highest BCUT2D eigenvalue weighted by molar-refractivity contribution is 8.26. The number of ether oxygens (including phenoxy) is 1. The van der Waals surface area contributed by atoms with Crippen LogP contribution in [-0.4, -0.2) is 10.2 Å². The van der Waals surface area contributed by atoms with Gasteiger partial charge >= 0.3 is 0 Å². The van der Waals surface area contributed by atoms with Crippen LogP contribution in [0, 0.1) is 0 Å². The van der Waals surface area contributed by atoms with Crippen molar-refractivity contribution in [1.82, 2.24) is 5.32 Å². The number of rotatable bonds is 4. The van der Waals surface area contributed by atoms with Crippen LogP contribution in [0.3, 0.4) is 0 Å². The first-order chi connectivity index (χ1) is 12.3.